The third-order valence-electron chi connectivity index (χ3n) is 1.98. The van der Waals surface area contributed by atoms with Crippen LogP contribution in [0.3, 0.4) is 0 Å². The minimum atomic E-state index is -4.52. The summed E-state index contributed by atoms with van der Waals surface area (Å²) in [6.45, 7) is 0.700. The Morgan fingerprint density at radius 3 is 2.29 bits per heavy atom. The van der Waals surface area contributed by atoms with Gasteiger partial charge in [-0.25, -0.2) is 13.0 Å². The SMILES string of the molecule is CC1(F)OS(=O)(=O)C1(F)CC(Cl)CCl. The van der Waals surface area contributed by atoms with Crippen molar-refractivity contribution < 1.29 is 21.4 Å². The molecule has 14 heavy (non-hydrogen) atoms. The summed E-state index contributed by atoms with van der Waals surface area (Å²) < 4.78 is 52.4. The number of alkyl halides is 4. The molecule has 0 aromatic heterocycles. The average molecular weight is 269 g/mol. The van der Waals surface area contributed by atoms with Crippen LogP contribution in [0.15, 0.2) is 0 Å². The van der Waals surface area contributed by atoms with Gasteiger partial charge in [0.2, 0.25) is 0 Å². The second-order valence-corrected chi connectivity index (χ2v) is 5.79. The molecule has 0 saturated carbocycles. The van der Waals surface area contributed by atoms with Crippen molar-refractivity contribution in [2.45, 2.75) is 29.6 Å². The minimum Gasteiger partial charge on any atom is -0.223 e. The Bertz CT molecular complexity index is 332. The Morgan fingerprint density at radius 1 is 1.50 bits per heavy atom. The number of hydrogen-bond donors (Lipinski definition) is 0. The summed E-state index contributed by atoms with van der Waals surface area (Å²) in [6.07, 6.45) is -0.729. The van der Waals surface area contributed by atoms with Crippen molar-refractivity contribution in [3.63, 3.8) is 0 Å². The molecule has 0 spiro atoms. The van der Waals surface area contributed by atoms with E-state index in [2.05, 4.69) is 4.18 Å². The van der Waals surface area contributed by atoms with Gasteiger partial charge in [-0.2, -0.15) is 8.42 Å². The summed E-state index contributed by atoms with van der Waals surface area (Å²) in [4.78, 5) is 0. The molecule has 8 heteroatoms. The highest BCUT2D eigenvalue weighted by Gasteiger charge is 2.74. The largest absolute Gasteiger partial charge is 0.312 e. The predicted molar refractivity (Wildman–Crippen MR) is 48.3 cm³/mol. The van der Waals surface area contributed by atoms with Gasteiger partial charge in [-0.1, -0.05) is 0 Å². The molecule has 0 aliphatic carbocycles. The van der Waals surface area contributed by atoms with Crippen LogP contribution in [0.2, 0.25) is 0 Å². The van der Waals surface area contributed by atoms with Gasteiger partial charge in [0.25, 0.3) is 10.9 Å². The number of halogens is 4. The zero-order chi connectivity index (χ0) is 11.2. The highest BCUT2D eigenvalue weighted by molar-refractivity contribution is 7.89. The molecular formula is C6H8Cl2F2O3S. The Kier molecular flexibility index (Phi) is 3.05. The van der Waals surface area contributed by atoms with Crippen LogP contribution >= 0.6 is 23.2 Å². The van der Waals surface area contributed by atoms with E-state index in [0.717, 1.165) is 0 Å². The van der Waals surface area contributed by atoms with E-state index in [4.69, 9.17) is 23.2 Å². The molecule has 0 amide bonds. The van der Waals surface area contributed by atoms with Crippen molar-refractivity contribution in [1.82, 2.24) is 0 Å². The molecule has 3 nitrogen and oxygen atoms in total. The van der Waals surface area contributed by atoms with Crippen LogP contribution in [-0.4, -0.2) is 30.5 Å². The van der Waals surface area contributed by atoms with Gasteiger partial charge in [-0.15, -0.1) is 23.2 Å². The first-order chi connectivity index (χ1) is 6.16. The van der Waals surface area contributed by atoms with Gasteiger partial charge in [-0.3, -0.25) is 0 Å². The predicted octanol–water partition coefficient (Wildman–Crippen LogP) is 1.93. The van der Waals surface area contributed by atoms with E-state index in [0.29, 0.717) is 6.92 Å². The fourth-order valence-corrected chi connectivity index (χ4v) is 3.01. The fourth-order valence-electron chi connectivity index (χ4n) is 1.15. The van der Waals surface area contributed by atoms with Gasteiger partial charge < -0.3 is 0 Å². The zero-order valence-corrected chi connectivity index (χ0v) is 9.46. The second-order valence-electron chi connectivity index (χ2n) is 3.14. The lowest BCUT2D eigenvalue weighted by Crippen LogP contribution is -2.65. The van der Waals surface area contributed by atoms with Gasteiger partial charge in [0.1, 0.15) is 0 Å². The first-order valence-electron chi connectivity index (χ1n) is 3.69. The number of rotatable bonds is 3. The topological polar surface area (TPSA) is 43.4 Å². The molecule has 0 aromatic rings. The molecule has 1 saturated heterocycles. The summed E-state index contributed by atoms with van der Waals surface area (Å²) in [6, 6.07) is 0. The van der Waals surface area contributed by atoms with Gasteiger partial charge in [0.15, 0.2) is 0 Å². The molecule has 1 fully saturated rings. The first kappa shape index (κ1) is 12.4. The normalized spacial score (nSPS) is 42.9. The van der Waals surface area contributed by atoms with Crippen LogP contribution in [-0.2, 0) is 14.3 Å². The smallest absolute Gasteiger partial charge is 0.223 e. The van der Waals surface area contributed by atoms with Crippen LogP contribution in [0, 0.1) is 0 Å². The van der Waals surface area contributed by atoms with Crippen LogP contribution in [0.25, 0.3) is 0 Å². The van der Waals surface area contributed by atoms with E-state index in [1.54, 1.807) is 0 Å². The van der Waals surface area contributed by atoms with E-state index >= 15 is 0 Å². The van der Waals surface area contributed by atoms with Crippen LogP contribution in [0.4, 0.5) is 8.78 Å². The minimum absolute atomic E-state index is 0.168. The van der Waals surface area contributed by atoms with Gasteiger partial charge in [-0.05, 0) is 0 Å². The van der Waals surface area contributed by atoms with E-state index < -0.39 is 32.8 Å². The maximum atomic E-state index is 13.7. The van der Waals surface area contributed by atoms with Gasteiger partial charge >= 0.3 is 10.1 Å². The average Bonchev–Trinajstić information content (AvgIpc) is 2.01. The summed E-state index contributed by atoms with van der Waals surface area (Å²) in [5.74, 6) is -3.02. The van der Waals surface area contributed by atoms with E-state index in [-0.39, 0.29) is 5.88 Å². The lowest BCUT2D eigenvalue weighted by atomic mass is 10.1. The Balaban J connectivity index is 2.91. The molecule has 1 aliphatic heterocycles. The lowest BCUT2D eigenvalue weighted by Gasteiger charge is -2.44. The van der Waals surface area contributed by atoms with E-state index in [1.165, 1.54) is 0 Å². The summed E-state index contributed by atoms with van der Waals surface area (Å²) in [5.41, 5.74) is 0. The standard InChI is InChI=1S/C6H8Cl2F2O3S/c1-5(9)6(10,2-4(8)3-7)14(11,12)13-5/h4H,2-3H2,1H3. The number of hydrogen-bond acceptors (Lipinski definition) is 3. The quantitative estimate of drug-likeness (QED) is 0.581. The molecule has 1 heterocycles. The molecule has 84 valence electrons. The van der Waals surface area contributed by atoms with E-state index in [9.17, 15) is 17.2 Å². The molecule has 1 aliphatic rings. The Labute approximate surface area is 90.4 Å². The molecule has 0 radical (unpaired) electrons. The van der Waals surface area contributed by atoms with Crippen molar-refractivity contribution in [3.8, 4) is 0 Å². The lowest BCUT2D eigenvalue weighted by molar-refractivity contribution is -0.176. The van der Waals surface area contributed by atoms with Crippen LogP contribution in [0.1, 0.15) is 13.3 Å². The molecule has 0 N–H and O–H groups in total. The maximum absolute atomic E-state index is 13.7. The Hall–Kier alpha value is 0.350. The van der Waals surface area contributed by atoms with Crippen molar-refractivity contribution >= 4 is 33.3 Å². The summed E-state index contributed by atoms with van der Waals surface area (Å²) in [7, 11) is -4.52. The van der Waals surface area contributed by atoms with Crippen LogP contribution < -0.4 is 0 Å². The third-order valence-corrected chi connectivity index (χ3v) is 4.68. The highest BCUT2D eigenvalue weighted by atomic mass is 35.5. The maximum Gasteiger partial charge on any atom is 0.312 e. The molecule has 0 aromatic carbocycles. The molecule has 0 bridgehead atoms. The van der Waals surface area contributed by atoms with Crippen molar-refractivity contribution in [3.05, 3.63) is 0 Å². The highest BCUT2D eigenvalue weighted by Crippen LogP contribution is 2.52. The van der Waals surface area contributed by atoms with Crippen molar-refractivity contribution in [1.29, 1.82) is 0 Å². The monoisotopic (exact) mass is 268 g/mol. The van der Waals surface area contributed by atoms with E-state index in [1.807, 2.05) is 0 Å². The van der Waals surface area contributed by atoms with Crippen molar-refractivity contribution in [2.75, 3.05) is 5.88 Å². The molecule has 1 rings (SSSR count). The Morgan fingerprint density at radius 2 is 2.00 bits per heavy atom. The molecular weight excluding hydrogens is 261 g/mol. The van der Waals surface area contributed by atoms with Crippen molar-refractivity contribution in [2.24, 2.45) is 0 Å². The first-order valence-corrected chi connectivity index (χ1v) is 6.07. The second kappa shape index (κ2) is 3.43. The third kappa shape index (κ3) is 1.62. The summed E-state index contributed by atoms with van der Waals surface area (Å²) >= 11 is 10.7. The molecule has 3 atom stereocenters. The van der Waals surface area contributed by atoms with Gasteiger partial charge in [0.05, 0.1) is 5.38 Å². The van der Waals surface area contributed by atoms with Crippen LogP contribution in [0.5, 0.6) is 0 Å². The fraction of sp³-hybridized carbons (Fsp3) is 1.00. The van der Waals surface area contributed by atoms with Gasteiger partial charge in [0, 0.05) is 19.2 Å². The summed E-state index contributed by atoms with van der Waals surface area (Å²) in [5, 5.41) is -4.06. The zero-order valence-electron chi connectivity index (χ0n) is 7.14. The molecule has 3 unspecified atom stereocenters.